The van der Waals surface area contributed by atoms with Gasteiger partial charge in [0.2, 0.25) is 0 Å². The first-order valence-electron chi connectivity index (χ1n) is 6.97. The molecule has 1 aliphatic heterocycles. The number of halogens is 3. The third kappa shape index (κ3) is 2.51. The normalized spacial score (nSPS) is 26.3. The minimum absolute atomic E-state index is 0.144. The molecule has 1 aliphatic carbocycles. The van der Waals surface area contributed by atoms with Crippen molar-refractivity contribution in [2.24, 2.45) is 5.92 Å². The van der Waals surface area contributed by atoms with Crippen LogP contribution in [0.4, 0.5) is 8.78 Å². The van der Waals surface area contributed by atoms with Gasteiger partial charge in [0.05, 0.1) is 17.3 Å². The van der Waals surface area contributed by atoms with Crippen molar-refractivity contribution in [3.8, 4) is 0 Å². The summed E-state index contributed by atoms with van der Waals surface area (Å²) in [6, 6.07) is 2.39. The van der Waals surface area contributed by atoms with Gasteiger partial charge in [-0.05, 0) is 50.2 Å². The lowest BCUT2D eigenvalue weighted by atomic mass is 9.70. The molecule has 0 amide bonds. The van der Waals surface area contributed by atoms with Gasteiger partial charge in [-0.2, -0.15) is 0 Å². The van der Waals surface area contributed by atoms with Gasteiger partial charge in [-0.15, -0.1) is 0 Å². The molecule has 0 bridgehead atoms. The Labute approximate surface area is 125 Å². The second-order valence-electron chi connectivity index (χ2n) is 5.87. The number of ether oxygens (including phenoxy) is 1. The van der Waals surface area contributed by atoms with E-state index in [1.54, 1.807) is 0 Å². The Bertz CT molecular complexity index is 494. The summed E-state index contributed by atoms with van der Waals surface area (Å²) in [5.74, 6) is -1.54. The van der Waals surface area contributed by atoms with Crippen molar-refractivity contribution < 1.29 is 18.6 Å². The molecule has 5 heteroatoms. The number of rotatable bonds is 2. The van der Waals surface area contributed by atoms with E-state index >= 15 is 0 Å². The number of hydrogen-bond acceptors (Lipinski definition) is 2. The first-order valence-corrected chi connectivity index (χ1v) is 7.76. The third-order valence-corrected chi connectivity index (χ3v) is 5.04. The fraction of sp³-hybridized carbons (Fsp3) is 0.600. The third-order valence-electron chi connectivity index (χ3n) is 4.58. The highest BCUT2D eigenvalue weighted by Crippen LogP contribution is 2.47. The van der Waals surface area contributed by atoms with Crippen molar-refractivity contribution in [3.05, 3.63) is 33.8 Å². The Morgan fingerprint density at radius 1 is 1.30 bits per heavy atom. The second kappa shape index (κ2) is 5.35. The predicted molar refractivity (Wildman–Crippen MR) is 74.3 cm³/mol. The number of hydrogen-bond donors (Lipinski definition) is 1. The summed E-state index contributed by atoms with van der Waals surface area (Å²) in [5, 5.41) is 10.4. The van der Waals surface area contributed by atoms with Crippen LogP contribution >= 0.6 is 15.9 Å². The zero-order chi connectivity index (χ0) is 14.3. The highest BCUT2D eigenvalue weighted by Gasteiger charge is 2.45. The van der Waals surface area contributed by atoms with Crippen molar-refractivity contribution in [3.63, 3.8) is 0 Å². The zero-order valence-corrected chi connectivity index (χ0v) is 12.6. The van der Waals surface area contributed by atoms with Gasteiger partial charge in [-0.1, -0.05) is 15.9 Å². The lowest BCUT2D eigenvalue weighted by Gasteiger charge is -2.48. The molecule has 0 aromatic heterocycles. The van der Waals surface area contributed by atoms with E-state index in [4.69, 9.17) is 4.74 Å². The number of aliphatic hydroxyl groups is 1. The Balaban J connectivity index is 1.83. The molecule has 0 radical (unpaired) electrons. The Kier molecular flexibility index (Phi) is 3.86. The molecule has 3 rings (SSSR count). The Morgan fingerprint density at radius 2 is 1.95 bits per heavy atom. The average molecular weight is 347 g/mol. The minimum Gasteiger partial charge on any atom is -0.388 e. The van der Waals surface area contributed by atoms with E-state index < -0.39 is 17.7 Å². The fourth-order valence-corrected chi connectivity index (χ4v) is 3.73. The van der Waals surface area contributed by atoms with Crippen LogP contribution in [0.2, 0.25) is 0 Å². The topological polar surface area (TPSA) is 29.5 Å². The summed E-state index contributed by atoms with van der Waals surface area (Å²) in [4.78, 5) is 0. The molecule has 1 saturated carbocycles. The van der Waals surface area contributed by atoms with Gasteiger partial charge in [-0.3, -0.25) is 0 Å². The molecule has 2 atom stereocenters. The lowest BCUT2D eigenvalue weighted by Crippen LogP contribution is -2.46. The van der Waals surface area contributed by atoms with Crippen molar-refractivity contribution >= 4 is 15.9 Å². The van der Waals surface area contributed by atoms with Crippen molar-refractivity contribution in [1.29, 1.82) is 0 Å². The summed E-state index contributed by atoms with van der Waals surface area (Å²) in [5.41, 5.74) is -0.360. The van der Waals surface area contributed by atoms with Gasteiger partial charge >= 0.3 is 0 Å². The summed E-state index contributed by atoms with van der Waals surface area (Å²) in [7, 11) is 0. The standard InChI is InChI=1S/C15H17BrF2O2/c16-10-6-11(17)13(12(18)7-10)14(19)9-2-5-20-15(8-9)3-1-4-15/h6-7,9,14,19H,1-5,8H2. The van der Waals surface area contributed by atoms with E-state index in [1.165, 1.54) is 12.1 Å². The lowest BCUT2D eigenvalue weighted by molar-refractivity contribution is -0.157. The van der Waals surface area contributed by atoms with E-state index in [1.807, 2.05) is 0 Å². The number of aliphatic hydroxyl groups excluding tert-OH is 1. The van der Waals surface area contributed by atoms with E-state index in [-0.39, 0.29) is 17.1 Å². The summed E-state index contributed by atoms with van der Waals surface area (Å²) in [6.45, 7) is 0.557. The molecular weight excluding hydrogens is 330 g/mol. The highest BCUT2D eigenvalue weighted by atomic mass is 79.9. The molecule has 1 spiro atoms. The van der Waals surface area contributed by atoms with Crippen LogP contribution in [0.3, 0.4) is 0 Å². The van der Waals surface area contributed by atoms with E-state index in [2.05, 4.69) is 15.9 Å². The molecule has 1 aromatic carbocycles. The van der Waals surface area contributed by atoms with Crippen LogP contribution in [0, 0.1) is 17.6 Å². The monoisotopic (exact) mass is 346 g/mol. The van der Waals surface area contributed by atoms with Gasteiger partial charge in [-0.25, -0.2) is 8.78 Å². The smallest absolute Gasteiger partial charge is 0.133 e. The van der Waals surface area contributed by atoms with Gasteiger partial charge in [0.25, 0.3) is 0 Å². The van der Waals surface area contributed by atoms with Crippen LogP contribution in [0.1, 0.15) is 43.8 Å². The SMILES string of the molecule is OC(c1c(F)cc(Br)cc1F)C1CCOC2(CCC2)C1. The van der Waals surface area contributed by atoms with E-state index in [0.717, 1.165) is 19.3 Å². The summed E-state index contributed by atoms with van der Waals surface area (Å²) >= 11 is 3.05. The maximum absolute atomic E-state index is 13.9. The second-order valence-corrected chi connectivity index (χ2v) is 6.78. The maximum Gasteiger partial charge on any atom is 0.133 e. The van der Waals surface area contributed by atoms with Crippen molar-refractivity contribution in [2.75, 3.05) is 6.61 Å². The molecule has 1 saturated heterocycles. The van der Waals surface area contributed by atoms with Gasteiger partial charge in [0.1, 0.15) is 11.6 Å². The Hall–Kier alpha value is -0.520. The Morgan fingerprint density at radius 3 is 2.50 bits per heavy atom. The van der Waals surface area contributed by atoms with Crippen LogP contribution in [0.15, 0.2) is 16.6 Å². The van der Waals surface area contributed by atoms with Crippen LogP contribution in [-0.4, -0.2) is 17.3 Å². The molecule has 110 valence electrons. The van der Waals surface area contributed by atoms with E-state index in [9.17, 15) is 13.9 Å². The van der Waals surface area contributed by atoms with Crippen LogP contribution in [0.25, 0.3) is 0 Å². The molecule has 1 aromatic rings. The molecule has 2 nitrogen and oxygen atoms in total. The van der Waals surface area contributed by atoms with Crippen LogP contribution < -0.4 is 0 Å². The fourth-order valence-electron chi connectivity index (χ4n) is 3.33. The zero-order valence-electron chi connectivity index (χ0n) is 11.0. The maximum atomic E-state index is 13.9. The molecule has 1 N–H and O–H groups in total. The highest BCUT2D eigenvalue weighted by molar-refractivity contribution is 9.10. The largest absolute Gasteiger partial charge is 0.388 e. The minimum atomic E-state index is -1.11. The molecule has 2 aliphatic rings. The van der Waals surface area contributed by atoms with Gasteiger partial charge in [0, 0.05) is 11.1 Å². The summed E-state index contributed by atoms with van der Waals surface area (Å²) in [6.07, 6.45) is 3.32. The first kappa shape index (κ1) is 14.4. The molecule has 20 heavy (non-hydrogen) atoms. The van der Waals surface area contributed by atoms with Crippen LogP contribution in [-0.2, 0) is 4.74 Å². The van der Waals surface area contributed by atoms with Gasteiger partial charge < -0.3 is 9.84 Å². The molecular formula is C15H17BrF2O2. The van der Waals surface area contributed by atoms with Crippen molar-refractivity contribution in [2.45, 2.75) is 43.8 Å². The van der Waals surface area contributed by atoms with Gasteiger partial charge in [0.15, 0.2) is 0 Å². The quantitative estimate of drug-likeness (QED) is 0.873. The molecule has 2 unspecified atom stereocenters. The molecule has 1 heterocycles. The first-order chi connectivity index (χ1) is 9.51. The van der Waals surface area contributed by atoms with Crippen LogP contribution in [0.5, 0.6) is 0 Å². The number of benzene rings is 1. The summed E-state index contributed by atoms with van der Waals surface area (Å²) < 4.78 is 34.0. The average Bonchev–Trinajstić information content (AvgIpc) is 2.35. The molecule has 2 fully saturated rings. The van der Waals surface area contributed by atoms with Crippen molar-refractivity contribution in [1.82, 2.24) is 0 Å². The predicted octanol–water partition coefficient (Wildman–Crippen LogP) is 4.11. The van der Waals surface area contributed by atoms with E-state index in [0.29, 0.717) is 23.9 Å².